The summed E-state index contributed by atoms with van der Waals surface area (Å²) in [4.78, 5) is 12.7. The molecule has 1 aromatic heterocycles. The molecule has 39 heavy (non-hydrogen) atoms. The molecule has 2 aromatic carbocycles. The molecule has 3 aromatic rings. The first kappa shape index (κ1) is 27.7. The minimum Gasteiger partial charge on any atom is -0.364 e. The van der Waals surface area contributed by atoms with Crippen molar-refractivity contribution in [2.24, 2.45) is 0 Å². The number of hydrogen-bond acceptors (Lipinski definition) is 7. The van der Waals surface area contributed by atoms with E-state index < -0.39 is 26.2 Å². The van der Waals surface area contributed by atoms with Crippen LogP contribution in [-0.4, -0.2) is 61.3 Å². The van der Waals surface area contributed by atoms with Gasteiger partial charge in [0.05, 0.1) is 16.2 Å². The molecule has 2 fully saturated rings. The Kier molecular flexibility index (Phi) is 7.56. The second kappa shape index (κ2) is 10.6. The predicted molar refractivity (Wildman–Crippen MR) is 151 cm³/mol. The molecule has 1 aliphatic heterocycles. The molecule has 7 nitrogen and oxygen atoms in total. The van der Waals surface area contributed by atoms with Crippen LogP contribution in [-0.2, 0) is 22.0 Å². The van der Waals surface area contributed by atoms with E-state index in [1.807, 2.05) is 26.1 Å². The first-order valence-electron chi connectivity index (χ1n) is 13.0. The second-order valence-electron chi connectivity index (χ2n) is 10.8. The molecule has 208 valence electrons. The van der Waals surface area contributed by atoms with Gasteiger partial charge in [0.15, 0.2) is 21.5 Å². The minimum absolute atomic E-state index is 0.0181. The molecule has 0 unspecified atom stereocenters. The van der Waals surface area contributed by atoms with Crippen LogP contribution in [0, 0.1) is 18.6 Å². The summed E-state index contributed by atoms with van der Waals surface area (Å²) in [5.41, 5.74) is 3.15. The van der Waals surface area contributed by atoms with Crippen LogP contribution in [0.3, 0.4) is 0 Å². The summed E-state index contributed by atoms with van der Waals surface area (Å²) in [6.45, 7) is 6.24. The summed E-state index contributed by atoms with van der Waals surface area (Å²) in [6.07, 6.45) is 3.41. The first-order valence-corrected chi connectivity index (χ1v) is 15.0. The summed E-state index contributed by atoms with van der Waals surface area (Å²) >= 11 is 6.35. The van der Waals surface area contributed by atoms with Gasteiger partial charge in [0.2, 0.25) is 5.95 Å². The quantitative estimate of drug-likeness (QED) is 0.392. The predicted octanol–water partition coefficient (Wildman–Crippen LogP) is 5.27. The minimum atomic E-state index is -3.31. The van der Waals surface area contributed by atoms with Crippen LogP contribution in [0.2, 0.25) is 5.02 Å². The summed E-state index contributed by atoms with van der Waals surface area (Å²) in [7, 11) is -1.32. The van der Waals surface area contributed by atoms with Crippen LogP contribution in [0.1, 0.15) is 42.1 Å². The van der Waals surface area contributed by atoms with E-state index in [1.54, 1.807) is 24.1 Å². The van der Waals surface area contributed by atoms with Gasteiger partial charge in [-0.2, -0.15) is 0 Å². The van der Waals surface area contributed by atoms with Crippen molar-refractivity contribution in [1.82, 2.24) is 14.9 Å². The molecule has 1 N–H and O–H groups in total. The third kappa shape index (κ3) is 6.02. The highest BCUT2D eigenvalue weighted by Crippen LogP contribution is 2.45. The molecule has 0 amide bonds. The van der Waals surface area contributed by atoms with Gasteiger partial charge < -0.3 is 15.1 Å². The fraction of sp³-hybridized carbons (Fsp3) is 0.429. The van der Waals surface area contributed by atoms with Crippen LogP contribution in [0.15, 0.2) is 36.5 Å². The lowest BCUT2D eigenvalue weighted by molar-refractivity contribution is 0.310. The molecule has 1 saturated heterocycles. The van der Waals surface area contributed by atoms with E-state index in [4.69, 9.17) is 11.6 Å². The van der Waals surface area contributed by atoms with Crippen LogP contribution >= 0.6 is 11.6 Å². The van der Waals surface area contributed by atoms with Gasteiger partial charge in [-0.05, 0) is 68.6 Å². The number of sulfone groups is 1. The topological polar surface area (TPSA) is 78.4 Å². The SMILES string of the molecule is Cc1cnc(Nc2cc(F)c(N3CCN(C)CC3)c(F)c2)nc1Cc1ccc(Cl)c(CS(=O)(=O)C2(C)CC2)c1. The Balaban J connectivity index is 1.33. The molecule has 0 radical (unpaired) electrons. The van der Waals surface area contributed by atoms with Crippen LogP contribution < -0.4 is 10.2 Å². The fourth-order valence-electron chi connectivity index (χ4n) is 4.72. The third-order valence-electron chi connectivity index (χ3n) is 7.70. The van der Waals surface area contributed by atoms with Gasteiger partial charge in [-0.3, -0.25) is 0 Å². The van der Waals surface area contributed by atoms with Crippen LogP contribution in [0.4, 0.5) is 26.1 Å². The molecule has 0 atom stereocenters. The molecule has 0 spiro atoms. The van der Waals surface area contributed by atoms with Crippen LogP contribution in [0.5, 0.6) is 0 Å². The van der Waals surface area contributed by atoms with E-state index >= 15 is 0 Å². The molecule has 1 aliphatic carbocycles. The standard InChI is InChI=1S/C28H32ClF2N5O2S/c1-18-16-32-27(33-21-14-23(30)26(24(31)15-21)36-10-8-35(3)9-11-36)34-25(18)13-19-4-5-22(29)20(12-19)17-39(37,38)28(2)6-7-28/h4-5,12,14-16H,6-11,13,17H2,1-3H3,(H,32,33,34). The zero-order valence-corrected chi connectivity index (χ0v) is 23.8. The third-order valence-corrected chi connectivity index (χ3v) is 10.7. The van der Waals surface area contributed by atoms with E-state index in [1.165, 1.54) is 12.1 Å². The number of nitrogens with zero attached hydrogens (tertiary/aromatic N) is 4. The van der Waals surface area contributed by atoms with Crippen molar-refractivity contribution in [2.45, 2.75) is 43.6 Å². The highest BCUT2D eigenvalue weighted by atomic mass is 35.5. The highest BCUT2D eigenvalue weighted by Gasteiger charge is 2.49. The zero-order valence-electron chi connectivity index (χ0n) is 22.3. The molecule has 5 rings (SSSR count). The Hall–Kier alpha value is -2.82. The van der Waals surface area contributed by atoms with E-state index in [0.717, 1.165) is 24.2 Å². The maximum atomic E-state index is 15.0. The lowest BCUT2D eigenvalue weighted by atomic mass is 10.0. The van der Waals surface area contributed by atoms with Gasteiger partial charge in [-0.1, -0.05) is 23.7 Å². The smallest absolute Gasteiger partial charge is 0.227 e. The van der Waals surface area contributed by atoms with E-state index in [9.17, 15) is 17.2 Å². The molecule has 2 heterocycles. The lowest BCUT2D eigenvalue weighted by Crippen LogP contribution is -2.45. The Morgan fingerprint density at radius 1 is 1.08 bits per heavy atom. The van der Waals surface area contributed by atoms with Gasteiger partial charge in [-0.15, -0.1) is 0 Å². The molecular formula is C28H32ClF2N5O2S. The van der Waals surface area contributed by atoms with Gasteiger partial charge in [0.25, 0.3) is 0 Å². The Morgan fingerprint density at radius 3 is 2.38 bits per heavy atom. The number of rotatable bonds is 8. The Bertz CT molecular complexity index is 1480. The number of halogens is 3. The zero-order chi connectivity index (χ0) is 27.9. The highest BCUT2D eigenvalue weighted by molar-refractivity contribution is 7.92. The molecule has 11 heteroatoms. The molecule has 2 aliphatic rings. The number of aromatic nitrogens is 2. The number of likely N-dealkylation sites (N-methyl/N-ethyl adjacent to an activating group) is 1. The van der Waals surface area contributed by atoms with Gasteiger partial charge >= 0.3 is 0 Å². The van der Waals surface area contributed by atoms with Crippen molar-refractivity contribution < 1.29 is 17.2 Å². The van der Waals surface area contributed by atoms with Crippen molar-refractivity contribution in [1.29, 1.82) is 0 Å². The average molecular weight is 576 g/mol. The number of aryl methyl sites for hydroxylation is 1. The van der Waals surface area contributed by atoms with Gasteiger partial charge in [-0.25, -0.2) is 27.2 Å². The number of benzene rings is 2. The van der Waals surface area contributed by atoms with E-state index in [2.05, 4.69) is 20.2 Å². The molecule has 0 bridgehead atoms. The summed E-state index contributed by atoms with van der Waals surface area (Å²) < 4.78 is 54.9. The number of nitrogens with one attached hydrogen (secondary N) is 1. The monoisotopic (exact) mass is 575 g/mol. The average Bonchev–Trinajstić information content (AvgIpc) is 3.63. The number of anilines is 3. The Morgan fingerprint density at radius 2 is 1.74 bits per heavy atom. The van der Waals surface area contributed by atoms with Crippen molar-refractivity contribution in [3.63, 3.8) is 0 Å². The maximum Gasteiger partial charge on any atom is 0.227 e. The largest absolute Gasteiger partial charge is 0.364 e. The summed E-state index contributed by atoms with van der Waals surface area (Å²) in [6, 6.07) is 7.87. The van der Waals surface area contributed by atoms with Crippen molar-refractivity contribution in [3.05, 3.63) is 75.6 Å². The normalized spacial score (nSPS) is 17.3. The Labute approximate surface area is 233 Å². The number of hydrogen-bond donors (Lipinski definition) is 1. The van der Waals surface area contributed by atoms with E-state index in [0.29, 0.717) is 48.6 Å². The number of piperazine rings is 1. The fourth-order valence-corrected chi connectivity index (χ4v) is 6.71. The molecular weight excluding hydrogens is 544 g/mol. The maximum absolute atomic E-state index is 15.0. The van der Waals surface area contributed by atoms with Crippen molar-refractivity contribution in [3.8, 4) is 0 Å². The van der Waals surface area contributed by atoms with Gasteiger partial charge in [0, 0.05) is 49.5 Å². The molecule has 1 saturated carbocycles. The summed E-state index contributed by atoms with van der Waals surface area (Å²) in [5.74, 6) is -1.18. The van der Waals surface area contributed by atoms with Crippen LogP contribution in [0.25, 0.3) is 0 Å². The van der Waals surface area contributed by atoms with E-state index in [-0.39, 0.29) is 23.1 Å². The van der Waals surface area contributed by atoms with Gasteiger partial charge in [0.1, 0.15) is 5.69 Å². The van der Waals surface area contributed by atoms with Crippen molar-refractivity contribution in [2.75, 3.05) is 43.4 Å². The second-order valence-corrected chi connectivity index (χ2v) is 13.7. The first-order chi connectivity index (χ1) is 18.4. The lowest BCUT2D eigenvalue weighted by Gasteiger charge is -2.34. The summed E-state index contributed by atoms with van der Waals surface area (Å²) in [5, 5.41) is 3.34. The van der Waals surface area contributed by atoms with Crippen molar-refractivity contribution >= 4 is 38.8 Å².